The molecule has 1 aromatic heterocycles. The molecular formula is C22H27N3O4. The van der Waals surface area contributed by atoms with Crippen LogP contribution in [0.25, 0.3) is 0 Å². The predicted molar refractivity (Wildman–Crippen MR) is 109 cm³/mol. The number of hydrogen-bond acceptors (Lipinski definition) is 6. The fraction of sp³-hybridized carbons (Fsp3) is 0.455. The van der Waals surface area contributed by atoms with Crippen molar-refractivity contribution in [3.8, 4) is 5.75 Å². The lowest BCUT2D eigenvalue weighted by Gasteiger charge is -2.37. The van der Waals surface area contributed by atoms with E-state index < -0.39 is 5.79 Å². The third-order valence-electron chi connectivity index (χ3n) is 5.51. The molecule has 0 bridgehead atoms. The van der Waals surface area contributed by atoms with E-state index in [1.54, 1.807) is 19.4 Å². The van der Waals surface area contributed by atoms with Crippen molar-refractivity contribution in [1.82, 2.24) is 9.88 Å². The highest BCUT2D eigenvalue weighted by molar-refractivity contribution is 5.92. The van der Waals surface area contributed by atoms with E-state index in [0.717, 1.165) is 24.4 Å². The number of nitrogens with zero attached hydrogens (tertiary/aromatic N) is 2. The first-order valence-electron chi connectivity index (χ1n) is 10.1. The number of hydrogen-bond donors (Lipinski definition) is 1. The number of pyridine rings is 1. The number of ether oxygens (including phenoxy) is 3. The van der Waals surface area contributed by atoms with Crippen molar-refractivity contribution in [1.29, 1.82) is 0 Å². The SMILES string of the molecule is COc1ccc(CCNc2ccc(C(=O)N3CCC4(CC3)OCCO4)nc2)cc1. The molecule has 1 amide bonds. The van der Waals surface area contributed by atoms with Gasteiger partial charge in [0.15, 0.2) is 5.79 Å². The van der Waals surface area contributed by atoms with Gasteiger partial charge in [0, 0.05) is 32.5 Å². The van der Waals surface area contributed by atoms with Crippen LogP contribution in [-0.2, 0) is 15.9 Å². The first kappa shape index (κ1) is 19.7. The van der Waals surface area contributed by atoms with E-state index in [4.69, 9.17) is 14.2 Å². The number of methoxy groups -OCH3 is 1. The molecule has 0 atom stereocenters. The maximum atomic E-state index is 12.7. The van der Waals surface area contributed by atoms with Gasteiger partial charge in [-0.05, 0) is 36.2 Å². The van der Waals surface area contributed by atoms with Crippen molar-refractivity contribution < 1.29 is 19.0 Å². The van der Waals surface area contributed by atoms with Crippen LogP contribution in [0.4, 0.5) is 5.69 Å². The van der Waals surface area contributed by atoms with Gasteiger partial charge in [0.05, 0.1) is 32.2 Å². The van der Waals surface area contributed by atoms with Crippen LogP contribution in [0.1, 0.15) is 28.9 Å². The fourth-order valence-corrected chi connectivity index (χ4v) is 3.77. The highest BCUT2D eigenvalue weighted by Crippen LogP contribution is 2.31. The van der Waals surface area contributed by atoms with Crippen molar-refractivity contribution in [2.45, 2.75) is 25.0 Å². The minimum Gasteiger partial charge on any atom is -0.497 e. The Balaban J connectivity index is 1.25. The number of amides is 1. The summed E-state index contributed by atoms with van der Waals surface area (Å²) in [4.78, 5) is 18.9. The first-order valence-corrected chi connectivity index (χ1v) is 10.1. The molecule has 0 aliphatic carbocycles. The second-order valence-electron chi connectivity index (χ2n) is 7.36. The molecule has 4 rings (SSSR count). The van der Waals surface area contributed by atoms with Gasteiger partial charge in [-0.2, -0.15) is 0 Å². The van der Waals surface area contributed by atoms with E-state index in [1.807, 2.05) is 23.1 Å². The summed E-state index contributed by atoms with van der Waals surface area (Å²) in [7, 11) is 1.66. The van der Waals surface area contributed by atoms with E-state index in [0.29, 0.717) is 44.8 Å². The molecule has 2 aliphatic rings. The van der Waals surface area contributed by atoms with Crippen LogP contribution >= 0.6 is 0 Å². The smallest absolute Gasteiger partial charge is 0.272 e. The molecule has 1 aromatic carbocycles. The summed E-state index contributed by atoms with van der Waals surface area (Å²) < 4.78 is 16.6. The monoisotopic (exact) mass is 397 g/mol. The predicted octanol–water partition coefficient (Wildman–Crippen LogP) is 2.72. The van der Waals surface area contributed by atoms with Crippen molar-refractivity contribution in [2.24, 2.45) is 0 Å². The number of aromatic nitrogens is 1. The molecule has 1 N–H and O–H groups in total. The lowest BCUT2D eigenvalue weighted by Crippen LogP contribution is -2.47. The van der Waals surface area contributed by atoms with Crippen molar-refractivity contribution in [2.75, 3.05) is 45.3 Å². The molecule has 29 heavy (non-hydrogen) atoms. The number of rotatable bonds is 6. The summed E-state index contributed by atoms with van der Waals surface area (Å²) in [6, 6.07) is 11.7. The molecule has 154 valence electrons. The van der Waals surface area contributed by atoms with E-state index in [1.165, 1.54) is 5.56 Å². The maximum absolute atomic E-state index is 12.7. The maximum Gasteiger partial charge on any atom is 0.272 e. The number of nitrogens with one attached hydrogen (secondary N) is 1. The van der Waals surface area contributed by atoms with E-state index >= 15 is 0 Å². The second kappa shape index (κ2) is 8.80. The Hall–Kier alpha value is -2.64. The lowest BCUT2D eigenvalue weighted by molar-refractivity contribution is -0.181. The zero-order valence-corrected chi connectivity index (χ0v) is 16.7. The summed E-state index contributed by atoms with van der Waals surface area (Å²) in [6.07, 6.45) is 4.04. The normalized spacial score (nSPS) is 18.0. The summed E-state index contributed by atoms with van der Waals surface area (Å²) in [5.74, 6) is 0.350. The summed E-state index contributed by atoms with van der Waals surface area (Å²) in [5.41, 5.74) is 2.60. The van der Waals surface area contributed by atoms with Gasteiger partial charge in [-0.25, -0.2) is 4.98 Å². The van der Waals surface area contributed by atoms with Gasteiger partial charge < -0.3 is 24.4 Å². The van der Waals surface area contributed by atoms with Crippen molar-refractivity contribution in [3.05, 3.63) is 53.9 Å². The third kappa shape index (κ3) is 4.68. The Bertz CT molecular complexity index is 807. The molecule has 7 heteroatoms. The molecule has 0 unspecified atom stereocenters. The van der Waals surface area contributed by atoms with E-state index in [-0.39, 0.29) is 5.91 Å². The highest BCUT2D eigenvalue weighted by atomic mass is 16.7. The zero-order chi connectivity index (χ0) is 20.1. The van der Waals surface area contributed by atoms with Gasteiger partial charge in [0.25, 0.3) is 5.91 Å². The number of anilines is 1. The number of likely N-dealkylation sites (tertiary alicyclic amines) is 1. The first-order chi connectivity index (χ1) is 14.2. The minimum atomic E-state index is -0.470. The van der Waals surface area contributed by atoms with Crippen molar-refractivity contribution >= 4 is 11.6 Å². The number of piperidine rings is 1. The quantitative estimate of drug-likeness (QED) is 0.808. The molecular weight excluding hydrogens is 370 g/mol. The summed E-state index contributed by atoms with van der Waals surface area (Å²) in [6.45, 7) is 3.32. The minimum absolute atomic E-state index is 0.0392. The molecule has 1 spiro atoms. The molecule has 2 saturated heterocycles. The molecule has 2 aromatic rings. The van der Waals surface area contributed by atoms with Crippen LogP contribution in [0.2, 0.25) is 0 Å². The van der Waals surface area contributed by atoms with Crippen LogP contribution in [0.3, 0.4) is 0 Å². The molecule has 0 radical (unpaired) electrons. The van der Waals surface area contributed by atoms with Crippen LogP contribution < -0.4 is 10.1 Å². The summed E-state index contributed by atoms with van der Waals surface area (Å²) >= 11 is 0. The molecule has 7 nitrogen and oxygen atoms in total. The Morgan fingerprint density at radius 3 is 2.48 bits per heavy atom. The standard InChI is InChI=1S/C22H27N3O4/c1-27-19-5-2-17(3-6-19)8-11-23-18-4-7-20(24-16-18)21(26)25-12-9-22(10-13-25)28-14-15-29-22/h2-7,16,23H,8-15H2,1H3. The van der Waals surface area contributed by atoms with E-state index in [9.17, 15) is 4.79 Å². The fourth-order valence-electron chi connectivity index (χ4n) is 3.77. The van der Waals surface area contributed by atoms with Gasteiger partial charge in [0.2, 0.25) is 0 Å². The molecule has 3 heterocycles. The number of carbonyl (C=O) groups excluding carboxylic acids is 1. The Morgan fingerprint density at radius 2 is 1.86 bits per heavy atom. The Kier molecular flexibility index (Phi) is 5.97. The highest BCUT2D eigenvalue weighted by Gasteiger charge is 2.40. The van der Waals surface area contributed by atoms with Gasteiger partial charge in [-0.1, -0.05) is 12.1 Å². The molecule has 2 fully saturated rings. The Morgan fingerprint density at radius 1 is 1.14 bits per heavy atom. The third-order valence-corrected chi connectivity index (χ3v) is 5.51. The largest absolute Gasteiger partial charge is 0.497 e. The lowest BCUT2D eigenvalue weighted by atomic mass is 10.0. The van der Waals surface area contributed by atoms with Gasteiger partial charge in [-0.15, -0.1) is 0 Å². The van der Waals surface area contributed by atoms with Crippen LogP contribution in [0.5, 0.6) is 5.75 Å². The van der Waals surface area contributed by atoms with Gasteiger partial charge >= 0.3 is 0 Å². The average Bonchev–Trinajstić information content (AvgIpc) is 3.23. The zero-order valence-electron chi connectivity index (χ0n) is 16.7. The van der Waals surface area contributed by atoms with Crippen LogP contribution in [0, 0.1) is 0 Å². The summed E-state index contributed by atoms with van der Waals surface area (Å²) in [5, 5.41) is 3.35. The molecule has 2 aliphatic heterocycles. The van der Waals surface area contributed by atoms with Gasteiger partial charge in [0.1, 0.15) is 11.4 Å². The van der Waals surface area contributed by atoms with Crippen LogP contribution in [0.15, 0.2) is 42.6 Å². The number of benzene rings is 1. The van der Waals surface area contributed by atoms with E-state index in [2.05, 4.69) is 22.4 Å². The average molecular weight is 397 g/mol. The van der Waals surface area contributed by atoms with Crippen LogP contribution in [-0.4, -0.2) is 61.5 Å². The second-order valence-corrected chi connectivity index (χ2v) is 7.36. The topological polar surface area (TPSA) is 72.9 Å². The van der Waals surface area contributed by atoms with Gasteiger partial charge in [-0.3, -0.25) is 4.79 Å². The van der Waals surface area contributed by atoms with Crippen molar-refractivity contribution in [3.63, 3.8) is 0 Å². The Labute approximate surface area is 171 Å². The molecule has 0 saturated carbocycles. The number of carbonyl (C=O) groups is 1.